The van der Waals surface area contributed by atoms with Gasteiger partial charge in [0.1, 0.15) is 5.82 Å². The zero-order chi connectivity index (χ0) is 19.0. The predicted octanol–water partition coefficient (Wildman–Crippen LogP) is 5.04. The van der Waals surface area contributed by atoms with Crippen molar-refractivity contribution >= 4 is 34.3 Å². The summed E-state index contributed by atoms with van der Waals surface area (Å²) in [6, 6.07) is 18.5. The Bertz CT molecular complexity index is 1160. The molecule has 6 heteroatoms. The lowest BCUT2D eigenvalue weighted by atomic mass is 9.98. The second kappa shape index (κ2) is 6.70. The standard InChI is InChI=1S/C21H14ClN3O2/c1-12(14-6-8-16(22)9-7-14)13-2-4-15(5-3-13)19-23-17-10-11-18(21(26)27)24-20(17)25-19/h2-11H,1H2,(H,26,27)(H,23,24,25). The number of imidazole rings is 1. The minimum absolute atomic E-state index is 0.0323. The van der Waals surface area contributed by atoms with Crippen LogP contribution in [0.3, 0.4) is 0 Å². The average molecular weight is 376 g/mol. The molecule has 0 atom stereocenters. The maximum absolute atomic E-state index is 11.0. The van der Waals surface area contributed by atoms with Crippen LogP contribution in [-0.2, 0) is 0 Å². The van der Waals surface area contributed by atoms with Crippen molar-refractivity contribution in [2.24, 2.45) is 0 Å². The Hall–Kier alpha value is -3.44. The second-order valence-corrected chi connectivity index (χ2v) is 6.46. The highest BCUT2D eigenvalue weighted by Gasteiger charge is 2.11. The van der Waals surface area contributed by atoms with Gasteiger partial charge < -0.3 is 10.1 Å². The Morgan fingerprint density at radius 2 is 1.56 bits per heavy atom. The lowest BCUT2D eigenvalue weighted by molar-refractivity contribution is 0.0691. The SMILES string of the molecule is C=C(c1ccc(Cl)cc1)c1ccc(-c2nc3nc(C(=O)O)ccc3[nH]2)cc1. The summed E-state index contributed by atoms with van der Waals surface area (Å²) in [7, 11) is 0. The summed E-state index contributed by atoms with van der Waals surface area (Å²) < 4.78 is 0. The first-order valence-electron chi connectivity index (χ1n) is 8.17. The van der Waals surface area contributed by atoms with Crippen LogP contribution >= 0.6 is 11.6 Å². The first-order valence-corrected chi connectivity index (χ1v) is 8.55. The molecule has 27 heavy (non-hydrogen) atoms. The third-order valence-electron chi connectivity index (χ3n) is 4.26. The highest BCUT2D eigenvalue weighted by atomic mass is 35.5. The number of hydrogen-bond acceptors (Lipinski definition) is 3. The number of carboxylic acid groups (broad SMARTS) is 1. The number of hydrogen-bond donors (Lipinski definition) is 2. The molecule has 2 heterocycles. The lowest BCUT2D eigenvalue weighted by Gasteiger charge is -2.07. The molecule has 0 saturated carbocycles. The fraction of sp³-hybridized carbons (Fsp3) is 0. The fourth-order valence-corrected chi connectivity index (χ4v) is 2.92. The number of nitrogens with one attached hydrogen (secondary N) is 1. The number of aromatic nitrogens is 3. The third-order valence-corrected chi connectivity index (χ3v) is 4.52. The average Bonchev–Trinajstić information content (AvgIpc) is 3.11. The minimum Gasteiger partial charge on any atom is -0.477 e. The van der Waals surface area contributed by atoms with E-state index in [2.05, 4.69) is 21.5 Å². The molecule has 2 aromatic carbocycles. The number of fused-ring (bicyclic) bond motifs is 1. The van der Waals surface area contributed by atoms with Gasteiger partial charge in [0.25, 0.3) is 0 Å². The van der Waals surface area contributed by atoms with Gasteiger partial charge in [-0.15, -0.1) is 0 Å². The number of H-pyrrole nitrogens is 1. The van der Waals surface area contributed by atoms with Crippen LogP contribution in [0.2, 0.25) is 5.02 Å². The van der Waals surface area contributed by atoms with Crippen LogP contribution in [0.5, 0.6) is 0 Å². The van der Waals surface area contributed by atoms with E-state index < -0.39 is 5.97 Å². The van der Waals surface area contributed by atoms with Crippen LogP contribution < -0.4 is 0 Å². The summed E-state index contributed by atoms with van der Waals surface area (Å²) >= 11 is 5.93. The molecule has 0 aliphatic carbocycles. The highest BCUT2D eigenvalue weighted by molar-refractivity contribution is 6.30. The fourth-order valence-electron chi connectivity index (χ4n) is 2.80. The molecule has 0 bridgehead atoms. The van der Waals surface area contributed by atoms with Gasteiger partial charge in [0, 0.05) is 10.6 Å². The molecule has 0 saturated heterocycles. The van der Waals surface area contributed by atoms with E-state index in [-0.39, 0.29) is 5.69 Å². The number of halogens is 1. The second-order valence-electron chi connectivity index (χ2n) is 6.02. The monoisotopic (exact) mass is 375 g/mol. The number of aromatic amines is 1. The van der Waals surface area contributed by atoms with Gasteiger partial charge in [0.05, 0.1) is 5.52 Å². The van der Waals surface area contributed by atoms with E-state index >= 15 is 0 Å². The Labute approximate surface area is 160 Å². The zero-order valence-electron chi connectivity index (χ0n) is 14.1. The van der Waals surface area contributed by atoms with E-state index in [9.17, 15) is 4.79 Å². The van der Waals surface area contributed by atoms with E-state index in [1.807, 2.05) is 48.5 Å². The van der Waals surface area contributed by atoms with Crippen molar-refractivity contribution in [2.45, 2.75) is 0 Å². The Kier molecular flexibility index (Phi) is 4.22. The summed E-state index contributed by atoms with van der Waals surface area (Å²) in [5.74, 6) is -0.449. The van der Waals surface area contributed by atoms with Gasteiger partial charge in [-0.3, -0.25) is 0 Å². The molecule has 0 aliphatic heterocycles. The summed E-state index contributed by atoms with van der Waals surface area (Å²) in [5, 5.41) is 9.73. The van der Waals surface area contributed by atoms with Gasteiger partial charge in [-0.1, -0.05) is 54.6 Å². The molecule has 2 aromatic heterocycles. The number of nitrogens with zero attached hydrogens (tertiary/aromatic N) is 2. The molecule has 0 fully saturated rings. The van der Waals surface area contributed by atoms with Crippen LogP contribution in [-0.4, -0.2) is 26.0 Å². The molecule has 0 aliphatic rings. The van der Waals surface area contributed by atoms with Crippen molar-refractivity contribution in [3.63, 3.8) is 0 Å². The van der Waals surface area contributed by atoms with Crippen molar-refractivity contribution in [1.82, 2.24) is 15.0 Å². The van der Waals surface area contributed by atoms with E-state index in [1.165, 1.54) is 6.07 Å². The lowest BCUT2D eigenvalue weighted by Crippen LogP contribution is -1.99. The normalized spacial score (nSPS) is 10.9. The van der Waals surface area contributed by atoms with Gasteiger partial charge in [0.2, 0.25) is 0 Å². The van der Waals surface area contributed by atoms with Crippen LogP contribution in [0.15, 0.2) is 67.2 Å². The van der Waals surface area contributed by atoms with E-state index in [4.69, 9.17) is 16.7 Å². The van der Waals surface area contributed by atoms with Crippen LogP contribution in [0.25, 0.3) is 28.1 Å². The molecule has 0 spiro atoms. The van der Waals surface area contributed by atoms with E-state index in [1.54, 1.807) is 6.07 Å². The minimum atomic E-state index is -1.08. The quantitative estimate of drug-likeness (QED) is 0.523. The molecule has 5 nitrogen and oxygen atoms in total. The number of aromatic carboxylic acids is 1. The van der Waals surface area contributed by atoms with Gasteiger partial charge in [-0.2, -0.15) is 0 Å². The van der Waals surface area contributed by atoms with Crippen molar-refractivity contribution < 1.29 is 9.90 Å². The first kappa shape index (κ1) is 17.0. The first-order chi connectivity index (χ1) is 13.0. The van der Waals surface area contributed by atoms with E-state index in [0.717, 1.165) is 22.3 Å². The number of carboxylic acids is 1. The topological polar surface area (TPSA) is 78.9 Å². The Morgan fingerprint density at radius 1 is 0.926 bits per heavy atom. The Morgan fingerprint density at radius 3 is 2.19 bits per heavy atom. The number of benzene rings is 2. The molecule has 0 amide bonds. The number of carbonyl (C=O) groups is 1. The molecule has 132 valence electrons. The summed E-state index contributed by atoms with van der Waals surface area (Å²) in [6.07, 6.45) is 0. The summed E-state index contributed by atoms with van der Waals surface area (Å²) in [5.41, 5.74) is 4.79. The predicted molar refractivity (Wildman–Crippen MR) is 106 cm³/mol. The maximum Gasteiger partial charge on any atom is 0.354 e. The van der Waals surface area contributed by atoms with Gasteiger partial charge >= 0.3 is 5.97 Å². The molecule has 2 N–H and O–H groups in total. The largest absolute Gasteiger partial charge is 0.477 e. The van der Waals surface area contributed by atoms with Crippen LogP contribution in [0, 0.1) is 0 Å². The van der Waals surface area contributed by atoms with E-state index in [0.29, 0.717) is 22.0 Å². The Balaban J connectivity index is 1.63. The van der Waals surface area contributed by atoms with Crippen molar-refractivity contribution in [2.75, 3.05) is 0 Å². The van der Waals surface area contributed by atoms with Crippen molar-refractivity contribution in [3.8, 4) is 11.4 Å². The number of pyridine rings is 1. The van der Waals surface area contributed by atoms with Gasteiger partial charge in [0.15, 0.2) is 11.3 Å². The summed E-state index contributed by atoms with van der Waals surface area (Å²) in [6.45, 7) is 4.16. The van der Waals surface area contributed by atoms with Gasteiger partial charge in [-0.25, -0.2) is 14.8 Å². The molecular formula is C21H14ClN3O2. The molecule has 4 aromatic rings. The van der Waals surface area contributed by atoms with Crippen molar-refractivity contribution in [3.05, 3.63) is 89.1 Å². The maximum atomic E-state index is 11.0. The third kappa shape index (κ3) is 3.32. The van der Waals surface area contributed by atoms with Gasteiger partial charge in [-0.05, 0) is 41.0 Å². The molecule has 0 unspecified atom stereocenters. The van der Waals surface area contributed by atoms with Crippen molar-refractivity contribution in [1.29, 1.82) is 0 Å². The smallest absolute Gasteiger partial charge is 0.354 e. The zero-order valence-corrected chi connectivity index (χ0v) is 14.9. The van der Waals surface area contributed by atoms with Crippen LogP contribution in [0.4, 0.5) is 0 Å². The highest BCUT2D eigenvalue weighted by Crippen LogP contribution is 2.26. The molecular weight excluding hydrogens is 362 g/mol. The molecule has 0 radical (unpaired) electrons. The summed E-state index contributed by atoms with van der Waals surface area (Å²) in [4.78, 5) is 22.7. The molecule has 4 rings (SSSR count). The van der Waals surface area contributed by atoms with Crippen LogP contribution in [0.1, 0.15) is 21.6 Å². The number of rotatable bonds is 4.